The molecule has 176 valence electrons. The van der Waals surface area contributed by atoms with Gasteiger partial charge < -0.3 is 14.2 Å². The Labute approximate surface area is 200 Å². The van der Waals surface area contributed by atoms with Crippen LogP contribution in [0.15, 0.2) is 77.2 Å². The molecule has 2 heterocycles. The van der Waals surface area contributed by atoms with Gasteiger partial charge in [0.2, 0.25) is 11.8 Å². The molecular weight excluding hydrogens is 427 g/mol. The summed E-state index contributed by atoms with van der Waals surface area (Å²) in [7, 11) is 4.30. The molecular formula is C28H31FN4O. The van der Waals surface area contributed by atoms with Crippen LogP contribution < -0.4 is 4.90 Å². The Morgan fingerprint density at radius 2 is 1.41 bits per heavy atom. The molecule has 3 aromatic carbocycles. The second-order valence-electron chi connectivity index (χ2n) is 8.90. The summed E-state index contributed by atoms with van der Waals surface area (Å²) in [5, 5.41) is 7.90. The van der Waals surface area contributed by atoms with Crippen LogP contribution in [-0.2, 0) is 0 Å². The fourth-order valence-corrected chi connectivity index (χ4v) is 4.01. The molecule has 0 bridgehead atoms. The summed E-state index contributed by atoms with van der Waals surface area (Å²) >= 11 is 0. The molecule has 1 aliphatic rings. The Bertz CT molecular complexity index is 1140. The van der Waals surface area contributed by atoms with Crippen LogP contribution in [0.1, 0.15) is 17.9 Å². The van der Waals surface area contributed by atoms with Crippen molar-refractivity contribution < 1.29 is 8.81 Å². The number of benzene rings is 3. The summed E-state index contributed by atoms with van der Waals surface area (Å²) in [6.07, 6.45) is 1.22. The maximum atomic E-state index is 12.7. The molecule has 1 saturated heterocycles. The van der Waals surface area contributed by atoms with E-state index in [-0.39, 0.29) is 5.82 Å². The van der Waals surface area contributed by atoms with Crippen molar-refractivity contribution >= 4 is 5.69 Å². The molecule has 0 radical (unpaired) electrons. The summed E-state index contributed by atoms with van der Waals surface area (Å²) in [5.74, 6) is 0.986. The van der Waals surface area contributed by atoms with Crippen LogP contribution in [0.2, 0.25) is 0 Å². The number of aromatic nitrogens is 2. The van der Waals surface area contributed by atoms with Crippen molar-refractivity contribution in [3.63, 3.8) is 0 Å². The van der Waals surface area contributed by atoms with Gasteiger partial charge in [0.1, 0.15) is 5.82 Å². The average Bonchev–Trinajstić information content (AvgIpc) is 3.51. The lowest BCUT2D eigenvalue weighted by Crippen LogP contribution is -2.31. The van der Waals surface area contributed by atoms with Gasteiger partial charge in [0.15, 0.2) is 0 Å². The van der Waals surface area contributed by atoms with Crippen LogP contribution in [0.4, 0.5) is 10.1 Å². The monoisotopic (exact) mass is 458 g/mol. The van der Waals surface area contributed by atoms with Crippen molar-refractivity contribution in [1.82, 2.24) is 15.1 Å². The van der Waals surface area contributed by atoms with Gasteiger partial charge in [-0.05, 0) is 75.0 Å². The molecule has 0 spiro atoms. The zero-order valence-electron chi connectivity index (χ0n) is 20.2. The Kier molecular flexibility index (Phi) is 7.38. The van der Waals surface area contributed by atoms with Gasteiger partial charge in [0, 0.05) is 37.3 Å². The number of nitrogens with zero attached hydrogens (tertiary/aromatic N) is 4. The fraction of sp³-hybridized carbons (Fsp3) is 0.286. The van der Waals surface area contributed by atoms with Crippen molar-refractivity contribution in [2.45, 2.75) is 26.3 Å². The molecule has 1 atom stereocenters. The summed E-state index contributed by atoms with van der Waals surface area (Å²) in [6.45, 7) is 6.05. The number of hydrogen-bond acceptors (Lipinski definition) is 5. The predicted molar refractivity (Wildman–Crippen MR) is 135 cm³/mol. The van der Waals surface area contributed by atoms with Gasteiger partial charge in [-0.3, -0.25) is 0 Å². The lowest BCUT2D eigenvalue weighted by Gasteiger charge is -2.21. The normalized spacial score (nSPS) is 15.4. The third-order valence-corrected chi connectivity index (χ3v) is 6.13. The third kappa shape index (κ3) is 5.88. The van der Waals surface area contributed by atoms with Crippen LogP contribution in [0, 0.1) is 19.7 Å². The van der Waals surface area contributed by atoms with Crippen molar-refractivity contribution in [2.24, 2.45) is 0 Å². The zero-order chi connectivity index (χ0) is 24.1. The highest BCUT2D eigenvalue weighted by Crippen LogP contribution is 2.25. The summed E-state index contributed by atoms with van der Waals surface area (Å²) in [6, 6.07) is 23.7. The molecule has 0 amide bonds. The lowest BCUT2D eigenvalue weighted by atomic mass is 10.0. The van der Waals surface area contributed by atoms with Crippen LogP contribution in [0.25, 0.3) is 22.6 Å². The number of halogens is 1. The van der Waals surface area contributed by atoms with Crippen LogP contribution >= 0.6 is 0 Å². The average molecular weight is 459 g/mol. The molecule has 34 heavy (non-hydrogen) atoms. The van der Waals surface area contributed by atoms with E-state index < -0.39 is 0 Å². The topological polar surface area (TPSA) is 45.4 Å². The Morgan fingerprint density at radius 1 is 0.824 bits per heavy atom. The fourth-order valence-electron chi connectivity index (χ4n) is 4.01. The summed E-state index contributed by atoms with van der Waals surface area (Å²) in [5.41, 5.74) is 5.63. The molecule has 4 aromatic rings. The Hall–Kier alpha value is -3.51. The first-order valence-corrected chi connectivity index (χ1v) is 11.5. The van der Waals surface area contributed by atoms with Gasteiger partial charge in [0.05, 0.1) is 0 Å². The number of hydrogen-bond donors (Lipinski definition) is 0. The molecule has 5 nitrogen and oxygen atoms in total. The molecule has 0 saturated carbocycles. The first-order chi connectivity index (χ1) is 16.4. The minimum Gasteiger partial charge on any atom is -0.421 e. The SMILES string of the molecule is Cc1ccc(-c2ccc(F)cc2)cc1.Cc1nnc(-c2ccc(N3CCC(N(C)C)C3)cc2)o1. The maximum Gasteiger partial charge on any atom is 0.247 e. The molecule has 6 heteroatoms. The lowest BCUT2D eigenvalue weighted by molar-refractivity contribution is 0.315. The van der Waals surface area contributed by atoms with Crippen molar-refractivity contribution in [2.75, 3.05) is 32.1 Å². The van der Waals surface area contributed by atoms with E-state index >= 15 is 0 Å². The number of anilines is 1. The minimum absolute atomic E-state index is 0.194. The first-order valence-electron chi connectivity index (χ1n) is 11.5. The summed E-state index contributed by atoms with van der Waals surface area (Å²) in [4.78, 5) is 4.73. The van der Waals surface area contributed by atoms with Gasteiger partial charge in [-0.15, -0.1) is 10.2 Å². The highest BCUT2D eigenvalue weighted by atomic mass is 19.1. The van der Waals surface area contributed by atoms with E-state index in [0.717, 1.165) is 29.8 Å². The van der Waals surface area contributed by atoms with E-state index in [1.54, 1.807) is 19.1 Å². The van der Waals surface area contributed by atoms with Gasteiger partial charge in [0.25, 0.3) is 0 Å². The second-order valence-corrected chi connectivity index (χ2v) is 8.90. The third-order valence-electron chi connectivity index (χ3n) is 6.13. The molecule has 5 rings (SSSR count). The molecule has 1 fully saturated rings. The molecule has 1 aliphatic heterocycles. The van der Waals surface area contributed by atoms with E-state index in [9.17, 15) is 4.39 Å². The quantitative estimate of drug-likeness (QED) is 0.376. The second kappa shape index (κ2) is 10.6. The van der Waals surface area contributed by atoms with E-state index in [1.807, 2.05) is 24.3 Å². The van der Waals surface area contributed by atoms with Crippen LogP contribution in [-0.4, -0.2) is 48.3 Å². The molecule has 1 aromatic heterocycles. The van der Waals surface area contributed by atoms with Crippen molar-refractivity contribution in [3.05, 3.63) is 90.1 Å². The smallest absolute Gasteiger partial charge is 0.247 e. The van der Waals surface area contributed by atoms with Crippen LogP contribution in [0.3, 0.4) is 0 Å². The van der Waals surface area contributed by atoms with Gasteiger partial charge in [-0.2, -0.15) is 0 Å². The molecule has 0 N–H and O–H groups in total. The van der Waals surface area contributed by atoms with Gasteiger partial charge >= 0.3 is 0 Å². The highest BCUT2D eigenvalue weighted by molar-refractivity contribution is 5.63. The Morgan fingerprint density at radius 3 is 1.94 bits per heavy atom. The van der Waals surface area contributed by atoms with E-state index in [4.69, 9.17) is 4.42 Å². The molecule has 0 aliphatic carbocycles. The maximum absolute atomic E-state index is 12.7. The first kappa shape index (κ1) is 23.6. The molecule has 1 unspecified atom stereocenters. The zero-order valence-corrected chi connectivity index (χ0v) is 20.2. The van der Waals surface area contributed by atoms with E-state index in [1.165, 1.54) is 29.8 Å². The number of likely N-dealkylation sites (N-methyl/N-ethyl adjacent to an activating group) is 1. The van der Waals surface area contributed by atoms with E-state index in [0.29, 0.717) is 17.8 Å². The van der Waals surface area contributed by atoms with Crippen molar-refractivity contribution in [1.29, 1.82) is 0 Å². The Balaban J connectivity index is 0.000000172. The largest absolute Gasteiger partial charge is 0.421 e. The standard InChI is InChI=1S/C15H20N4O.C13H11F/c1-11-16-17-15(20-11)12-4-6-13(7-5-12)19-9-8-14(10-19)18(2)3;1-10-2-4-11(5-3-10)12-6-8-13(14)9-7-12/h4-7,14H,8-10H2,1-3H3;2-9H,1H3. The number of aryl methyl sites for hydroxylation is 2. The predicted octanol–water partition coefficient (Wildman–Crippen LogP) is 5.99. The number of rotatable bonds is 4. The van der Waals surface area contributed by atoms with Crippen LogP contribution in [0.5, 0.6) is 0 Å². The van der Waals surface area contributed by atoms with Crippen molar-refractivity contribution in [3.8, 4) is 22.6 Å². The van der Waals surface area contributed by atoms with Gasteiger partial charge in [-0.1, -0.05) is 42.0 Å². The summed E-state index contributed by atoms with van der Waals surface area (Å²) < 4.78 is 18.1. The highest BCUT2D eigenvalue weighted by Gasteiger charge is 2.24. The van der Waals surface area contributed by atoms with E-state index in [2.05, 4.69) is 65.3 Å². The van der Waals surface area contributed by atoms with Gasteiger partial charge in [-0.25, -0.2) is 4.39 Å². The minimum atomic E-state index is -0.194.